The molecule has 1 atom stereocenters. The summed E-state index contributed by atoms with van der Waals surface area (Å²) in [5.74, 6) is -0.115. The molecule has 0 fully saturated rings. The minimum absolute atomic E-state index is 0.0249. The van der Waals surface area contributed by atoms with Gasteiger partial charge >= 0.3 is 0 Å². The monoisotopic (exact) mass is 413 g/mol. The summed E-state index contributed by atoms with van der Waals surface area (Å²) in [7, 11) is 1.64. The van der Waals surface area contributed by atoms with Crippen molar-refractivity contribution >= 4 is 34.2 Å². The molecule has 5 rings (SSSR count). The van der Waals surface area contributed by atoms with Gasteiger partial charge in [-0.2, -0.15) is 0 Å². The van der Waals surface area contributed by atoms with E-state index >= 15 is 0 Å². The number of pyridine rings is 1. The number of nitrogens with two attached hydrogens (primary N) is 1. The van der Waals surface area contributed by atoms with Crippen LogP contribution >= 0.6 is 11.6 Å². The van der Waals surface area contributed by atoms with Gasteiger partial charge in [-0.05, 0) is 23.8 Å². The van der Waals surface area contributed by atoms with Gasteiger partial charge in [-0.15, -0.1) is 0 Å². The zero-order chi connectivity index (χ0) is 20.3. The van der Waals surface area contributed by atoms with Gasteiger partial charge in [0.1, 0.15) is 24.0 Å². The van der Waals surface area contributed by atoms with Crippen molar-refractivity contribution < 1.29 is 18.7 Å². The fraction of sp³-hybridized carbons (Fsp3) is 0.238. The fourth-order valence-electron chi connectivity index (χ4n) is 3.98. The van der Waals surface area contributed by atoms with E-state index in [1.165, 1.54) is 11.0 Å². The van der Waals surface area contributed by atoms with Gasteiger partial charge in [0.15, 0.2) is 0 Å². The van der Waals surface area contributed by atoms with Crippen LogP contribution in [0.15, 0.2) is 30.3 Å². The molecule has 0 bridgehead atoms. The Balaban J connectivity index is 1.55. The molecule has 29 heavy (non-hydrogen) atoms. The highest BCUT2D eigenvalue weighted by molar-refractivity contribution is 6.30. The van der Waals surface area contributed by atoms with Gasteiger partial charge in [-0.1, -0.05) is 17.7 Å². The first-order valence-electron chi connectivity index (χ1n) is 9.11. The number of carbonyl (C=O) groups is 1. The lowest BCUT2D eigenvalue weighted by molar-refractivity contribution is 0.0704. The number of rotatable bonds is 2. The molecule has 6 nitrogen and oxygen atoms in total. The molecular formula is C21H17ClFN3O3. The molecule has 0 unspecified atom stereocenters. The predicted octanol–water partition coefficient (Wildman–Crippen LogP) is 3.85. The van der Waals surface area contributed by atoms with E-state index in [-0.39, 0.29) is 18.2 Å². The van der Waals surface area contributed by atoms with E-state index in [9.17, 15) is 9.18 Å². The number of carbonyl (C=O) groups excluding carboxylic acids is 1. The van der Waals surface area contributed by atoms with E-state index in [1.54, 1.807) is 25.2 Å². The molecule has 2 N–H and O–H groups in total. The molecule has 0 radical (unpaired) electrons. The van der Waals surface area contributed by atoms with Crippen molar-refractivity contribution in [2.45, 2.75) is 19.3 Å². The molecule has 1 amide bonds. The zero-order valence-electron chi connectivity index (χ0n) is 15.5. The minimum atomic E-state index is -0.643. The molecule has 0 aliphatic carbocycles. The van der Waals surface area contributed by atoms with Crippen molar-refractivity contribution in [3.63, 3.8) is 0 Å². The molecule has 2 aliphatic heterocycles. The molecule has 0 saturated heterocycles. The average Bonchev–Trinajstić information content (AvgIpc) is 3.34. The van der Waals surface area contributed by atoms with Crippen molar-refractivity contribution in [3.05, 3.63) is 63.4 Å². The Morgan fingerprint density at radius 2 is 2.07 bits per heavy atom. The van der Waals surface area contributed by atoms with Crippen LogP contribution in [-0.4, -0.2) is 29.4 Å². The predicted molar refractivity (Wildman–Crippen MR) is 106 cm³/mol. The van der Waals surface area contributed by atoms with E-state index in [0.717, 1.165) is 16.7 Å². The minimum Gasteiger partial charge on any atom is -0.491 e. The Kier molecular flexibility index (Phi) is 4.11. The summed E-state index contributed by atoms with van der Waals surface area (Å²) in [4.78, 5) is 18.9. The molecule has 148 valence electrons. The summed E-state index contributed by atoms with van der Waals surface area (Å²) in [5, 5.41) is 1.24. The molecule has 0 saturated carbocycles. The first-order chi connectivity index (χ1) is 13.9. The Morgan fingerprint density at radius 3 is 2.90 bits per heavy atom. The first kappa shape index (κ1) is 18.1. The van der Waals surface area contributed by atoms with Crippen molar-refractivity contribution in [1.82, 2.24) is 9.88 Å². The van der Waals surface area contributed by atoms with E-state index < -0.39 is 11.7 Å². The smallest absolute Gasteiger partial charge is 0.257 e. The second kappa shape index (κ2) is 6.57. The van der Waals surface area contributed by atoms with Gasteiger partial charge in [-0.25, -0.2) is 9.37 Å². The van der Waals surface area contributed by atoms with E-state index in [4.69, 9.17) is 26.8 Å². The highest BCUT2D eigenvalue weighted by Crippen LogP contribution is 2.38. The summed E-state index contributed by atoms with van der Waals surface area (Å²) in [6, 6.07) is 7.75. The van der Waals surface area contributed by atoms with Crippen molar-refractivity contribution in [2.75, 3.05) is 19.4 Å². The number of aromatic nitrogens is 1. The lowest BCUT2D eigenvalue weighted by atomic mass is 10.0. The second-order valence-corrected chi connectivity index (χ2v) is 7.66. The van der Waals surface area contributed by atoms with Gasteiger partial charge in [-0.3, -0.25) is 4.79 Å². The number of anilines is 1. The molecule has 0 spiro atoms. The number of amides is 1. The highest BCUT2D eigenvalue weighted by Gasteiger charge is 2.32. The molecule has 2 aliphatic rings. The van der Waals surface area contributed by atoms with Crippen LogP contribution in [0, 0.1) is 5.82 Å². The normalized spacial score (nSPS) is 17.1. The first-order valence-corrected chi connectivity index (χ1v) is 9.49. The van der Waals surface area contributed by atoms with E-state index in [2.05, 4.69) is 4.98 Å². The number of nitrogens with zero attached hydrogens (tertiary/aromatic N) is 2. The number of nitrogen functional groups attached to an aromatic ring is 1. The van der Waals surface area contributed by atoms with Crippen LogP contribution in [-0.2, 0) is 18.0 Å². The Hall–Kier alpha value is -2.90. The maximum Gasteiger partial charge on any atom is 0.257 e. The largest absolute Gasteiger partial charge is 0.491 e. The lowest BCUT2D eigenvalue weighted by Crippen LogP contribution is -2.32. The number of hydrogen-bond acceptors (Lipinski definition) is 5. The van der Waals surface area contributed by atoms with Crippen molar-refractivity contribution in [1.29, 1.82) is 0 Å². The maximum absolute atomic E-state index is 14.8. The summed E-state index contributed by atoms with van der Waals surface area (Å²) < 4.78 is 26.0. The third kappa shape index (κ3) is 2.81. The van der Waals surface area contributed by atoms with Gasteiger partial charge in [0.05, 0.1) is 30.3 Å². The molecular weight excluding hydrogens is 397 g/mol. The highest BCUT2D eigenvalue weighted by atomic mass is 35.5. The quantitative estimate of drug-likeness (QED) is 0.690. The van der Waals surface area contributed by atoms with Crippen LogP contribution in [0.25, 0.3) is 10.9 Å². The zero-order valence-corrected chi connectivity index (χ0v) is 16.3. The number of likely N-dealkylation sites (N-methyl/N-ethyl adjacent to an activating group) is 1. The van der Waals surface area contributed by atoms with Crippen molar-refractivity contribution in [2.24, 2.45) is 0 Å². The van der Waals surface area contributed by atoms with E-state index in [0.29, 0.717) is 40.7 Å². The molecule has 3 heterocycles. The summed E-state index contributed by atoms with van der Waals surface area (Å²) in [6.07, 6.45) is 0. The third-order valence-electron chi connectivity index (χ3n) is 5.57. The van der Waals surface area contributed by atoms with Gasteiger partial charge in [0.2, 0.25) is 0 Å². The molecule has 8 heteroatoms. The fourth-order valence-corrected chi connectivity index (χ4v) is 4.14. The maximum atomic E-state index is 14.8. The number of fused-ring (bicyclic) bond motifs is 4. The average molecular weight is 414 g/mol. The van der Waals surface area contributed by atoms with Crippen LogP contribution in [0.2, 0.25) is 5.02 Å². The lowest BCUT2D eigenvalue weighted by Gasteiger charge is -2.24. The van der Waals surface area contributed by atoms with Crippen LogP contribution in [0.5, 0.6) is 5.75 Å². The second-order valence-electron chi connectivity index (χ2n) is 7.22. The SMILES string of the molecule is CN(C(=O)c1cc2c3c(c(N)nc2cc1F)COC3)[C@H]1COc2cc(Cl)ccc21. The van der Waals surface area contributed by atoms with Crippen LogP contribution in [0.4, 0.5) is 10.2 Å². The Bertz CT molecular complexity index is 1180. The number of benzene rings is 2. The van der Waals surface area contributed by atoms with Crippen LogP contribution in [0.1, 0.15) is 33.1 Å². The van der Waals surface area contributed by atoms with Crippen LogP contribution in [0.3, 0.4) is 0 Å². The Labute approximate surface area is 171 Å². The van der Waals surface area contributed by atoms with Gasteiger partial charge < -0.3 is 20.1 Å². The molecule has 3 aromatic rings. The van der Waals surface area contributed by atoms with Crippen LogP contribution < -0.4 is 10.5 Å². The number of halogens is 2. The topological polar surface area (TPSA) is 77.7 Å². The molecule has 2 aromatic carbocycles. The summed E-state index contributed by atoms with van der Waals surface area (Å²) in [5.41, 5.74) is 8.84. The van der Waals surface area contributed by atoms with Gasteiger partial charge in [0.25, 0.3) is 5.91 Å². The molecule has 1 aromatic heterocycles. The van der Waals surface area contributed by atoms with E-state index in [1.807, 2.05) is 6.07 Å². The number of ether oxygens (including phenoxy) is 2. The summed E-state index contributed by atoms with van der Waals surface area (Å²) >= 11 is 6.01. The Morgan fingerprint density at radius 1 is 1.28 bits per heavy atom. The third-order valence-corrected chi connectivity index (χ3v) is 5.80. The number of hydrogen-bond donors (Lipinski definition) is 1. The summed E-state index contributed by atoms with van der Waals surface area (Å²) in [6.45, 7) is 1.01. The van der Waals surface area contributed by atoms with Crippen molar-refractivity contribution in [3.8, 4) is 5.75 Å². The standard InChI is InChI=1S/C21H17ClFN3O3/c1-26(18-9-29-19-4-10(22)2-3-11(18)19)21(27)13-5-12-14-7-28-8-15(14)20(24)25-17(12)6-16(13)23/h2-6,18H,7-9H2,1H3,(H2,24,25)/t18-/m0/s1. The van der Waals surface area contributed by atoms with Gasteiger partial charge in [0, 0.05) is 34.6 Å².